The molecule has 0 radical (unpaired) electrons. The number of ether oxygens (including phenoxy) is 1. The number of anilines is 1. The van der Waals surface area contributed by atoms with Crippen molar-refractivity contribution in [3.63, 3.8) is 0 Å². The van der Waals surface area contributed by atoms with E-state index in [1.165, 1.54) is 10.6 Å². The number of benzene rings is 2. The summed E-state index contributed by atoms with van der Waals surface area (Å²) in [6.45, 7) is 8.09. The molecule has 0 heterocycles. The number of sulfonamides is 1. The number of hydrogen-bond donors (Lipinski definition) is 1. The molecule has 37 heavy (non-hydrogen) atoms. The van der Waals surface area contributed by atoms with Gasteiger partial charge < -0.3 is 15.0 Å². The number of aryl methyl sites for hydroxylation is 1. The van der Waals surface area contributed by atoms with Crippen molar-refractivity contribution in [2.24, 2.45) is 0 Å². The van der Waals surface area contributed by atoms with Gasteiger partial charge in [0, 0.05) is 25.6 Å². The van der Waals surface area contributed by atoms with E-state index in [1.54, 1.807) is 31.1 Å². The van der Waals surface area contributed by atoms with Crippen LogP contribution in [0.25, 0.3) is 0 Å². The van der Waals surface area contributed by atoms with Crippen molar-refractivity contribution in [3.05, 3.63) is 59.7 Å². The van der Waals surface area contributed by atoms with Crippen LogP contribution in [0, 0.1) is 0 Å². The zero-order chi connectivity index (χ0) is 27.6. The average Bonchev–Trinajstić information content (AvgIpc) is 2.88. The Morgan fingerprint density at radius 3 is 2.08 bits per heavy atom. The molecule has 0 saturated carbocycles. The summed E-state index contributed by atoms with van der Waals surface area (Å²) in [7, 11) is -1.94. The van der Waals surface area contributed by atoms with Gasteiger partial charge in [0.05, 0.1) is 19.1 Å². The second kappa shape index (κ2) is 14.0. The van der Waals surface area contributed by atoms with Crippen molar-refractivity contribution in [2.45, 2.75) is 72.0 Å². The van der Waals surface area contributed by atoms with E-state index in [-0.39, 0.29) is 37.4 Å². The third kappa shape index (κ3) is 9.07. The first-order valence-electron chi connectivity index (χ1n) is 12.8. The molecule has 2 aromatic rings. The first-order valence-corrected chi connectivity index (χ1v) is 14.6. The second-order valence-corrected chi connectivity index (χ2v) is 11.2. The minimum Gasteiger partial charge on any atom is -0.497 e. The Morgan fingerprint density at radius 1 is 0.973 bits per heavy atom. The largest absolute Gasteiger partial charge is 0.497 e. The van der Waals surface area contributed by atoms with Crippen molar-refractivity contribution in [1.29, 1.82) is 0 Å². The molecule has 0 aromatic heterocycles. The molecule has 9 heteroatoms. The summed E-state index contributed by atoms with van der Waals surface area (Å²) in [5, 5.41) is 2.95. The van der Waals surface area contributed by atoms with E-state index in [9.17, 15) is 18.0 Å². The van der Waals surface area contributed by atoms with Crippen LogP contribution < -0.4 is 14.4 Å². The van der Waals surface area contributed by atoms with Gasteiger partial charge in [0.15, 0.2) is 0 Å². The summed E-state index contributed by atoms with van der Waals surface area (Å²) in [6, 6.07) is 14.1. The van der Waals surface area contributed by atoms with E-state index in [4.69, 9.17) is 4.74 Å². The highest BCUT2D eigenvalue weighted by Crippen LogP contribution is 2.21. The fraction of sp³-hybridized carbons (Fsp3) is 0.500. The smallest absolute Gasteiger partial charge is 0.242 e. The maximum Gasteiger partial charge on any atom is 0.242 e. The Labute approximate surface area is 222 Å². The number of carbonyl (C=O) groups is 2. The highest BCUT2D eigenvalue weighted by Gasteiger charge is 2.27. The maximum atomic E-state index is 13.4. The molecule has 0 bridgehead atoms. The molecule has 0 spiro atoms. The number of nitrogens with zero attached hydrogens (tertiary/aromatic N) is 2. The van der Waals surface area contributed by atoms with Gasteiger partial charge in [0.2, 0.25) is 21.8 Å². The molecule has 0 fully saturated rings. The van der Waals surface area contributed by atoms with E-state index < -0.39 is 16.1 Å². The Morgan fingerprint density at radius 2 is 1.57 bits per heavy atom. The van der Waals surface area contributed by atoms with Crippen LogP contribution in [-0.2, 0) is 32.6 Å². The molecular weight excluding hydrogens is 490 g/mol. The molecule has 0 aliphatic carbocycles. The van der Waals surface area contributed by atoms with Crippen LogP contribution in [0.2, 0.25) is 0 Å². The molecular formula is C28H41N3O5S. The van der Waals surface area contributed by atoms with Gasteiger partial charge in [-0.25, -0.2) is 8.42 Å². The number of methoxy groups -OCH3 is 1. The lowest BCUT2D eigenvalue weighted by Crippen LogP contribution is -2.49. The quantitative estimate of drug-likeness (QED) is 0.395. The summed E-state index contributed by atoms with van der Waals surface area (Å²) in [5.41, 5.74) is 2.56. The van der Waals surface area contributed by atoms with Crippen LogP contribution in [0.5, 0.6) is 5.75 Å². The van der Waals surface area contributed by atoms with Gasteiger partial charge in [-0.3, -0.25) is 13.9 Å². The van der Waals surface area contributed by atoms with Gasteiger partial charge in [-0.05, 0) is 68.5 Å². The Kier molecular flexibility index (Phi) is 11.4. The number of rotatable bonds is 14. The summed E-state index contributed by atoms with van der Waals surface area (Å²) in [5.74, 6) is 0.277. The van der Waals surface area contributed by atoms with E-state index in [1.807, 2.05) is 57.2 Å². The minimum absolute atomic E-state index is 0.00435. The topological polar surface area (TPSA) is 96.0 Å². The lowest BCUT2D eigenvalue weighted by atomic mass is 10.1. The van der Waals surface area contributed by atoms with E-state index in [0.29, 0.717) is 17.9 Å². The first-order chi connectivity index (χ1) is 17.5. The zero-order valence-electron chi connectivity index (χ0n) is 22.9. The van der Waals surface area contributed by atoms with E-state index in [0.717, 1.165) is 24.0 Å². The van der Waals surface area contributed by atoms with Gasteiger partial charge in [-0.15, -0.1) is 0 Å². The SMILES string of the molecule is CCc1ccc(N(CCCC(=O)N(Cc2ccc(OC)cc2)[C@H](C)C(=O)N[C@H](C)CC)S(C)(=O)=O)cc1. The van der Waals surface area contributed by atoms with Gasteiger partial charge in [-0.1, -0.05) is 38.1 Å². The summed E-state index contributed by atoms with van der Waals surface area (Å²) in [4.78, 5) is 27.8. The van der Waals surface area contributed by atoms with E-state index >= 15 is 0 Å². The molecule has 0 aliphatic rings. The molecule has 8 nitrogen and oxygen atoms in total. The molecule has 0 aliphatic heterocycles. The van der Waals surface area contributed by atoms with Gasteiger partial charge in [0.1, 0.15) is 11.8 Å². The number of carbonyl (C=O) groups excluding carboxylic acids is 2. The summed E-state index contributed by atoms with van der Waals surface area (Å²) >= 11 is 0. The molecule has 2 rings (SSSR count). The third-order valence-electron chi connectivity index (χ3n) is 6.47. The Hall–Kier alpha value is -3.07. The predicted octanol–water partition coefficient (Wildman–Crippen LogP) is 4.14. The first kappa shape index (κ1) is 30.2. The standard InChI is InChI=1S/C28H41N3O5S/c1-7-21(3)29-28(33)22(4)30(20-24-13-17-26(36-5)18-14-24)27(32)10-9-19-31(37(6,34)35)25-15-11-23(8-2)12-16-25/h11-18,21-22H,7-10,19-20H2,1-6H3,(H,29,33)/t21-,22-/m1/s1. The minimum atomic E-state index is -3.52. The third-order valence-corrected chi connectivity index (χ3v) is 7.66. The summed E-state index contributed by atoms with van der Waals surface area (Å²) in [6.07, 6.45) is 3.24. The van der Waals surface area contributed by atoms with Crippen LogP contribution >= 0.6 is 0 Å². The lowest BCUT2D eigenvalue weighted by molar-refractivity contribution is -0.140. The van der Waals surface area contributed by atoms with Crippen molar-refractivity contribution in [1.82, 2.24) is 10.2 Å². The van der Waals surface area contributed by atoms with Crippen molar-refractivity contribution >= 4 is 27.5 Å². The number of nitrogens with one attached hydrogen (secondary N) is 1. The van der Waals surface area contributed by atoms with E-state index in [2.05, 4.69) is 5.32 Å². The van der Waals surface area contributed by atoms with Gasteiger partial charge in [0.25, 0.3) is 0 Å². The van der Waals surface area contributed by atoms with Crippen LogP contribution in [0.15, 0.2) is 48.5 Å². The highest BCUT2D eigenvalue weighted by atomic mass is 32.2. The lowest BCUT2D eigenvalue weighted by Gasteiger charge is -2.30. The van der Waals surface area contributed by atoms with Crippen molar-refractivity contribution < 1.29 is 22.7 Å². The monoisotopic (exact) mass is 531 g/mol. The summed E-state index contributed by atoms with van der Waals surface area (Å²) < 4.78 is 31.5. The molecule has 2 atom stereocenters. The molecule has 204 valence electrons. The van der Waals surface area contributed by atoms with Crippen LogP contribution in [-0.4, -0.2) is 57.1 Å². The maximum absolute atomic E-state index is 13.4. The van der Waals surface area contributed by atoms with Crippen LogP contribution in [0.3, 0.4) is 0 Å². The number of hydrogen-bond acceptors (Lipinski definition) is 5. The fourth-order valence-corrected chi connectivity index (χ4v) is 4.84. The normalized spacial score (nSPS) is 12.9. The van der Waals surface area contributed by atoms with Crippen LogP contribution in [0.1, 0.15) is 58.1 Å². The highest BCUT2D eigenvalue weighted by molar-refractivity contribution is 7.92. The van der Waals surface area contributed by atoms with Crippen molar-refractivity contribution in [3.8, 4) is 5.75 Å². The van der Waals surface area contributed by atoms with Crippen LogP contribution in [0.4, 0.5) is 5.69 Å². The molecule has 0 saturated heterocycles. The van der Waals surface area contributed by atoms with Gasteiger partial charge in [-0.2, -0.15) is 0 Å². The Bertz CT molecular complexity index is 1120. The molecule has 0 unspecified atom stereocenters. The molecule has 2 amide bonds. The fourth-order valence-electron chi connectivity index (χ4n) is 3.88. The second-order valence-electron chi connectivity index (χ2n) is 9.32. The predicted molar refractivity (Wildman–Crippen MR) is 148 cm³/mol. The Balaban J connectivity index is 2.17. The van der Waals surface area contributed by atoms with Gasteiger partial charge >= 0.3 is 0 Å². The molecule has 2 aromatic carbocycles. The average molecular weight is 532 g/mol. The zero-order valence-corrected chi connectivity index (χ0v) is 23.7. The molecule has 1 N–H and O–H groups in total. The number of amides is 2. The van der Waals surface area contributed by atoms with Crippen molar-refractivity contribution in [2.75, 3.05) is 24.2 Å².